The summed E-state index contributed by atoms with van der Waals surface area (Å²) in [6.07, 6.45) is 0.407. The first-order chi connectivity index (χ1) is 11.8. The van der Waals surface area contributed by atoms with Gasteiger partial charge in [-0.3, -0.25) is 9.89 Å². The monoisotopic (exact) mass is 338 g/mol. The summed E-state index contributed by atoms with van der Waals surface area (Å²) in [5.74, 6) is 1.51. The zero-order chi connectivity index (χ0) is 16.6. The summed E-state index contributed by atoms with van der Waals surface area (Å²) in [5.41, 5.74) is 2.03. The van der Waals surface area contributed by atoms with Crippen LogP contribution in [-0.2, 0) is 11.2 Å². The van der Waals surface area contributed by atoms with Crippen molar-refractivity contribution in [3.8, 4) is 11.4 Å². The maximum absolute atomic E-state index is 11.9. The Balaban J connectivity index is 1.41. The molecule has 0 atom stereocenters. The number of carbonyl (C=O) groups is 1. The van der Waals surface area contributed by atoms with Gasteiger partial charge in [-0.05, 0) is 5.56 Å². The van der Waals surface area contributed by atoms with Crippen molar-refractivity contribution in [2.45, 2.75) is 11.6 Å². The quantitative estimate of drug-likeness (QED) is 0.513. The van der Waals surface area contributed by atoms with E-state index in [0.29, 0.717) is 18.1 Å². The van der Waals surface area contributed by atoms with Gasteiger partial charge in [-0.1, -0.05) is 72.4 Å². The van der Waals surface area contributed by atoms with Crippen LogP contribution in [0.1, 0.15) is 5.56 Å². The van der Waals surface area contributed by atoms with Crippen LogP contribution in [0.4, 0.5) is 0 Å². The minimum absolute atomic E-state index is 0.0294. The minimum atomic E-state index is 0.0294. The molecule has 0 saturated carbocycles. The first kappa shape index (κ1) is 16.3. The van der Waals surface area contributed by atoms with E-state index >= 15 is 0 Å². The summed E-state index contributed by atoms with van der Waals surface area (Å²) in [6, 6.07) is 19.6. The molecule has 0 aliphatic heterocycles. The molecule has 2 aromatic carbocycles. The Kier molecular flexibility index (Phi) is 5.63. The lowest BCUT2D eigenvalue weighted by Gasteiger charge is -2.04. The van der Waals surface area contributed by atoms with Crippen LogP contribution in [0.2, 0.25) is 0 Å². The number of hydrogen-bond acceptors (Lipinski definition) is 4. The van der Waals surface area contributed by atoms with E-state index in [1.807, 2.05) is 60.7 Å². The molecule has 0 spiro atoms. The van der Waals surface area contributed by atoms with Gasteiger partial charge in [-0.15, -0.1) is 5.10 Å². The third-order valence-electron chi connectivity index (χ3n) is 3.38. The lowest BCUT2D eigenvalue weighted by molar-refractivity contribution is -0.120. The molecule has 0 fully saturated rings. The molecule has 1 aromatic heterocycles. The Labute approximate surface area is 144 Å². The second kappa shape index (κ2) is 8.31. The molecule has 24 heavy (non-hydrogen) atoms. The number of aromatic nitrogens is 3. The molecule has 122 valence electrons. The van der Waals surface area contributed by atoms with Gasteiger partial charge in [-0.2, -0.15) is 0 Å². The van der Waals surface area contributed by atoms with Crippen molar-refractivity contribution < 1.29 is 4.79 Å². The van der Waals surface area contributed by atoms with Crippen LogP contribution in [-0.4, -0.2) is 33.4 Å². The fourth-order valence-corrected chi connectivity index (χ4v) is 2.87. The second-order valence-electron chi connectivity index (χ2n) is 5.19. The summed E-state index contributed by atoms with van der Waals surface area (Å²) < 4.78 is 0. The zero-order valence-electron chi connectivity index (χ0n) is 13.1. The number of nitrogens with zero attached hydrogens (tertiary/aromatic N) is 2. The molecule has 2 N–H and O–H groups in total. The van der Waals surface area contributed by atoms with E-state index in [2.05, 4.69) is 20.5 Å². The molecule has 0 bridgehead atoms. The van der Waals surface area contributed by atoms with E-state index in [-0.39, 0.29) is 5.91 Å². The number of aromatic amines is 1. The fourth-order valence-electron chi connectivity index (χ4n) is 2.21. The molecule has 0 unspecified atom stereocenters. The lowest BCUT2D eigenvalue weighted by Crippen LogP contribution is -2.27. The van der Waals surface area contributed by atoms with E-state index in [1.54, 1.807) is 0 Å². The summed E-state index contributed by atoms with van der Waals surface area (Å²) in [6.45, 7) is 0.589. The highest BCUT2D eigenvalue weighted by atomic mass is 32.2. The average Bonchev–Trinajstić information content (AvgIpc) is 3.09. The van der Waals surface area contributed by atoms with E-state index < -0.39 is 0 Å². The van der Waals surface area contributed by atoms with Crippen molar-refractivity contribution in [1.29, 1.82) is 0 Å². The third-order valence-corrected chi connectivity index (χ3v) is 4.22. The van der Waals surface area contributed by atoms with E-state index in [0.717, 1.165) is 22.7 Å². The first-order valence-electron chi connectivity index (χ1n) is 7.72. The maximum atomic E-state index is 11.9. The van der Waals surface area contributed by atoms with Crippen LogP contribution < -0.4 is 5.32 Å². The van der Waals surface area contributed by atoms with Gasteiger partial charge in [0.2, 0.25) is 11.1 Å². The zero-order valence-corrected chi connectivity index (χ0v) is 13.9. The van der Waals surface area contributed by atoms with Crippen molar-refractivity contribution >= 4 is 17.7 Å². The topological polar surface area (TPSA) is 70.7 Å². The van der Waals surface area contributed by atoms with Crippen LogP contribution in [0, 0.1) is 0 Å². The van der Waals surface area contributed by atoms with Crippen LogP contribution in [0.15, 0.2) is 65.8 Å². The van der Waals surface area contributed by atoms with Crippen molar-refractivity contribution in [2.75, 3.05) is 12.3 Å². The van der Waals surface area contributed by atoms with E-state index in [9.17, 15) is 4.79 Å². The molecule has 0 radical (unpaired) electrons. The molecule has 3 aromatic rings. The summed E-state index contributed by atoms with van der Waals surface area (Å²) in [4.78, 5) is 16.3. The molecule has 5 nitrogen and oxygen atoms in total. The molecule has 3 rings (SSSR count). The normalized spacial score (nSPS) is 10.5. The Morgan fingerprint density at radius 3 is 2.50 bits per heavy atom. The highest BCUT2D eigenvalue weighted by Gasteiger charge is 2.06. The number of nitrogens with one attached hydrogen (secondary N) is 2. The SMILES string of the molecule is O=C(Cc1ccccc1)NCCSc1n[nH]c(-c2ccccc2)n1. The Hall–Kier alpha value is -2.60. The summed E-state index contributed by atoms with van der Waals surface area (Å²) in [5, 5.41) is 10.7. The van der Waals surface area contributed by atoms with Crippen molar-refractivity contribution in [1.82, 2.24) is 20.5 Å². The highest BCUT2D eigenvalue weighted by molar-refractivity contribution is 7.99. The molecule has 0 aliphatic rings. The van der Waals surface area contributed by atoms with Gasteiger partial charge in [0.15, 0.2) is 5.82 Å². The largest absolute Gasteiger partial charge is 0.355 e. The van der Waals surface area contributed by atoms with Gasteiger partial charge in [-0.25, -0.2) is 4.98 Å². The van der Waals surface area contributed by atoms with Gasteiger partial charge in [0, 0.05) is 17.9 Å². The molecule has 0 saturated heterocycles. The van der Waals surface area contributed by atoms with Crippen molar-refractivity contribution in [3.05, 3.63) is 66.2 Å². The number of carbonyl (C=O) groups excluding carboxylic acids is 1. The predicted molar refractivity (Wildman–Crippen MR) is 95.7 cm³/mol. The summed E-state index contributed by atoms with van der Waals surface area (Å²) in [7, 11) is 0. The maximum Gasteiger partial charge on any atom is 0.224 e. The highest BCUT2D eigenvalue weighted by Crippen LogP contribution is 2.18. The molecule has 1 amide bonds. The molecular weight excluding hydrogens is 320 g/mol. The second-order valence-corrected chi connectivity index (χ2v) is 6.26. The Morgan fingerprint density at radius 1 is 1.04 bits per heavy atom. The predicted octanol–water partition coefficient (Wildman–Crippen LogP) is 2.92. The Bertz CT molecular complexity index is 774. The van der Waals surface area contributed by atoms with E-state index in [1.165, 1.54) is 11.8 Å². The number of rotatable bonds is 7. The number of hydrogen-bond donors (Lipinski definition) is 2. The van der Waals surface area contributed by atoms with Crippen LogP contribution >= 0.6 is 11.8 Å². The number of thioether (sulfide) groups is 1. The van der Waals surface area contributed by atoms with Gasteiger partial charge in [0.1, 0.15) is 0 Å². The third kappa shape index (κ3) is 4.70. The lowest BCUT2D eigenvalue weighted by atomic mass is 10.1. The number of H-pyrrole nitrogens is 1. The van der Waals surface area contributed by atoms with Gasteiger partial charge >= 0.3 is 0 Å². The molecule has 6 heteroatoms. The van der Waals surface area contributed by atoms with Gasteiger partial charge in [0.05, 0.1) is 6.42 Å². The number of benzene rings is 2. The van der Waals surface area contributed by atoms with Gasteiger partial charge < -0.3 is 5.32 Å². The first-order valence-corrected chi connectivity index (χ1v) is 8.71. The Morgan fingerprint density at radius 2 is 1.75 bits per heavy atom. The van der Waals surface area contributed by atoms with Crippen LogP contribution in [0.3, 0.4) is 0 Å². The average molecular weight is 338 g/mol. The van der Waals surface area contributed by atoms with Gasteiger partial charge in [0.25, 0.3) is 0 Å². The number of amides is 1. The smallest absolute Gasteiger partial charge is 0.224 e. The summed E-state index contributed by atoms with van der Waals surface area (Å²) >= 11 is 1.52. The van der Waals surface area contributed by atoms with Crippen LogP contribution in [0.5, 0.6) is 0 Å². The minimum Gasteiger partial charge on any atom is -0.355 e. The van der Waals surface area contributed by atoms with E-state index in [4.69, 9.17) is 0 Å². The molecular formula is C18H18N4OS. The van der Waals surface area contributed by atoms with Crippen LogP contribution in [0.25, 0.3) is 11.4 Å². The molecule has 0 aliphatic carbocycles. The molecule has 1 heterocycles. The standard InChI is InChI=1S/C18H18N4OS/c23-16(13-14-7-3-1-4-8-14)19-11-12-24-18-20-17(21-22-18)15-9-5-2-6-10-15/h1-10H,11-13H2,(H,19,23)(H,20,21,22). The fraction of sp³-hybridized carbons (Fsp3) is 0.167. The van der Waals surface area contributed by atoms with Crippen molar-refractivity contribution in [2.24, 2.45) is 0 Å². The van der Waals surface area contributed by atoms with Crippen molar-refractivity contribution in [3.63, 3.8) is 0 Å².